The monoisotopic (exact) mass is 212 g/mol. The van der Waals surface area contributed by atoms with Crippen molar-refractivity contribution in [3.63, 3.8) is 0 Å². The van der Waals surface area contributed by atoms with E-state index in [1.54, 1.807) is 0 Å². The quantitative estimate of drug-likeness (QED) is 0.762. The van der Waals surface area contributed by atoms with E-state index in [9.17, 15) is 0 Å². The van der Waals surface area contributed by atoms with Crippen LogP contribution in [0.1, 0.15) is 53.9 Å². The summed E-state index contributed by atoms with van der Waals surface area (Å²) >= 11 is 0. The fraction of sp³-hybridized carbons (Fsp3) is 1.00. The Hall–Kier alpha value is -0.0800. The van der Waals surface area contributed by atoms with Gasteiger partial charge in [-0.1, -0.05) is 27.2 Å². The van der Waals surface area contributed by atoms with E-state index >= 15 is 0 Å². The predicted octanol–water partition coefficient (Wildman–Crippen LogP) is 2.62. The van der Waals surface area contributed by atoms with E-state index in [0.29, 0.717) is 11.5 Å². The first-order valence-corrected chi connectivity index (χ1v) is 6.23. The van der Waals surface area contributed by atoms with Gasteiger partial charge in [0.15, 0.2) is 0 Å². The lowest BCUT2D eigenvalue weighted by molar-refractivity contribution is 0.0495. The molecule has 0 bridgehead atoms. The van der Waals surface area contributed by atoms with Gasteiger partial charge < -0.3 is 5.73 Å². The molecule has 90 valence electrons. The van der Waals surface area contributed by atoms with Gasteiger partial charge >= 0.3 is 0 Å². The molecule has 1 rings (SSSR count). The van der Waals surface area contributed by atoms with Gasteiger partial charge in [0, 0.05) is 18.1 Å². The largest absolute Gasteiger partial charge is 0.324 e. The topological polar surface area (TPSA) is 29.3 Å². The predicted molar refractivity (Wildman–Crippen MR) is 66.9 cm³/mol. The standard InChI is InChI=1S/C13H28N2/c1-12(2,3)11-8-6-7-9-15(11)10-13(4,5)14/h11H,6-10,14H2,1-5H3. The fourth-order valence-electron chi connectivity index (χ4n) is 2.68. The van der Waals surface area contributed by atoms with Crippen molar-refractivity contribution in [3.8, 4) is 0 Å². The zero-order valence-electron chi connectivity index (χ0n) is 11.1. The van der Waals surface area contributed by atoms with Gasteiger partial charge in [0.05, 0.1) is 0 Å². The first-order chi connectivity index (χ1) is 6.70. The maximum atomic E-state index is 6.13. The Morgan fingerprint density at radius 1 is 1.13 bits per heavy atom. The molecule has 1 heterocycles. The first kappa shape index (κ1) is 13.0. The third kappa shape index (κ3) is 4.12. The highest BCUT2D eigenvalue weighted by Crippen LogP contribution is 2.32. The van der Waals surface area contributed by atoms with Crippen molar-refractivity contribution in [1.29, 1.82) is 0 Å². The van der Waals surface area contributed by atoms with Crippen LogP contribution in [0.2, 0.25) is 0 Å². The highest BCUT2D eigenvalue weighted by Gasteiger charge is 2.33. The van der Waals surface area contributed by atoms with E-state index in [1.807, 2.05) is 0 Å². The van der Waals surface area contributed by atoms with E-state index in [0.717, 1.165) is 6.54 Å². The summed E-state index contributed by atoms with van der Waals surface area (Å²) in [5, 5.41) is 0. The third-order valence-electron chi connectivity index (χ3n) is 3.22. The Bertz CT molecular complexity index is 198. The minimum atomic E-state index is -0.0686. The van der Waals surface area contributed by atoms with Crippen molar-refractivity contribution in [3.05, 3.63) is 0 Å². The highest BCUT2D eigenvalue weighted by atomic mass is 15.2. The normalized spacial score (nSPS) is 25.6. The van der Waals surface area contributed by atoms with Gasteiger partial charge in [-0.05, 0) is 38.6 Å². The average molecular weight is 212 g/mol. The number of rotatable bonds is 2. The number of likely N-dealkylation sites (tertiary alicyclic amines) is 1. The smallest absolute Gasteiger partial charge is 0.0226 e. The molecule has 1 aliphatic heterocycles. The van der Waals surface area contributed by atoms with Crippen LogP contribution >= 0.6 is 0 Å². The Morgan fingerprint density at radius 2 is 1.73 bits per heavy atom. The molecule has 1 aliphatic rings. The van der Waals surface area contributed by atoms with Crippen LogP contribution in [0.15, 0.2) is 0 Å². The molecule has 2 heteroatoms. The van der Waals surface area contributed by atoms with Gasteiger partial charge in [0.2, 0.25) is 0 Å². The number of piperidine rings is 1. The third-order valence-corrected chi connectivity index (χ3v) is 3.22. The molecule has 2 nitrogen and oxygen atoms in total. The average Bonchev–Trinajstić information content (AvgIpc) is 1.99. The van der Waals surface area contributed by atoms with Crippen molar-refractivity contribution in [2.45, 2.75) is 65.5 Å². The van der Waals surface area contributed by atoms with Crippen molar-refractivity contribution in [2.75, 3.05) is 13.1 Å². The van der Waals surface area contributed by atoms with Crippen LogP contribution in [0.3, 0.4) is 0 Å². The van der Waals surface area contributed by atoms with Gasteiger partial charge in [-0.2, -0.15) is 0 Å². The SMILES string of the molecule is CC(C)(N)CN1CCCCC1C(C)(C)C. The molecule has 1 saturated heterocycles. The van der Waals surface area contributed by atoms with Gasteiger partial charge in [-0.25, -0.2) is 0 Å². The number of hydrogen-bond donors (Lipinski definition) is 1. The molecule has 0 aromatic rings. The van der Waals surface area contributed by atoms with E-state index in [-0.39, 0.29) is 5.54 Å². The van der Waals surface area contributed by atoms with Gasteiger partial charge in [-0.15, -0.1) is 0 Å². The highest BCUT2D eigenvalue weighted by molar-refractivity contribution is 4.90. The Labute approximate surface area is 95.2 Å². The zero-order chi connectivity index (χ0) is 11.7. The summed E-state index contributed by atoms with van der Waals surface area (Å²) in [5.74, 6) is 0. The molecule has 15 heavy (non-hydrogen) atoms. The molecule has 2 N–H and O–H groups in total. The molecule has 0 spiro atoms. The van der Waals surface area contributed by atoms with Crippen LogP contribution in [0.25, 0.3) is 0 Å². The van der Waals surface area contributed by atoms with Crippen molar-refractivity contribution >= 4 is 0 Å². The molecule has 0 radical (unpaired) electrons. The first-order valence-electron chi connectivity index (χ1n) is 6.23. The molecule has 1 atom stereocenters. The summed E-state index contributed by atoms with van der Waals surface area (Å²) in [6.45, 7) is 13.5. The number of hydrogen-bond acceptors (Lipinski definition) is 2. The van der Waals surface area contributed by atoms with Gasteiger partial charge in [0.1, 0.15) is 0 Å². The Kier molecular flexibility index (Phi) is 3.83. The minimum absolute atomic E-state index is 0.0686. The van der Waals surface area contributed by atoms with Crippen molar-refractivity contribution in [1.82, 2.24) is 4.90 Å². The molecule has 0 saturated carbocycles. The molecule has 0 aliphatic carbocycles. The second kappa shape index (κ2) is 4.42. The van der Waals surface area contributed by atoms with Crippen molar-refractivity contribution < 1.29 is 0 Å². The summed E-state index contributed by atoms with van der Waals surface area (Å²) < 4.78 is 0. The summed E-state index contributed by atoms with van der Waals surface area (Å²) in [6.07, 6.45) is 4.05. The second-order valence-corrected chi connectivity index (χ2v) is 6.84. The van der Waals surface area contributed by atoms with E-state index < -0.39 is 0 Å². The van der Waals surface area contributed by atoms with Crippen LogP contribution < -0.4 is 5.73 Å². The van der Waals surface area contributed by atoms with E-state index in [2.05, 4.69) is 39.5 Å². The maximum absolute atomic E-state index is 6.13. The van der Waals surface area contributed by atoms with Crippen LogP contribution in [0.5, 0.6) is 0 Å². The lowest BCUT2D eigenvalue weighted by Crippen LogP contribution is -2.54. The Balaban J connectivity index is 2.66. The van der Waals surface area contributed by atoms with Crippen LogP contribution in [0, 0.1) is 5.41 Å². The summed E-state index contributed by atoms with van der Waals surface area (Å²) in [4.78, 5) is 2.60. The number of nitrogens with zero attached hydrogens (tertiary/aromatic N) is 1. The summed E-state index contributed by atoms with van der Waals surface area (Å²) in [6, 6.07) is 0.703. The number of nitrogens with two attached hydrogens (primary N) is 1. The molecule has 0 amide bonds. The van der Waals surface area contributed by atoms with Crippen LogP contribution in [-0.4, -0.2) is 29.6 Å². The van der Waals surface area contributed by atoms with E-state index in [1.165, 1.54) is 25.8 Å². The van der Waals surface area contributed by atoms with Crippen LogP contribution in [0.4, 0.5) is 0 Å². The van der Waals surface area contributed by atoms with E-state index in [4.69, 9.17) is 5.73 Å². The fourth-order valence-corrected chi connectivity index (χ4v) is 2.68. The molecule has 0 aromatic heterocycles. The molecular formula is C13H28N2. The Morgan fingerprint density at radius 3 is 2.20 bits per heavy atom. The van der Waals surface area contributed by atoms with Crippen molar-refractivity contribution in [2.24, 2.45) is 11.1 Å². The van der Waals surface area contributed by atoms with Gasteiger partial charge in [0.25, 0.3) is 0 Å². The molecule has 0 aromatic carbocycles. The van der Waals surface area contributed by atoms with Gasteiger partial charge in [-0.3, -0.25) is 4.90 Å². The summed E-state index contributed by atoms with van der Waals surface area (Å²) in [5.41, 5.74) is 6.44. The summed E-state index contributed by atoms with van der Waals surface area (Å²) in [7, 11) is 0. The maximum Gasteiger partial charge on any atom is 0.0226 e. The lowest BCUT2D eigenvalue weighted by Gasteiger charge is -2.45. The molecule has 1 unspecified atom stereocenters. The van der Waals surface area contributed by atoms with Crippen LogP contribution in [-0.2, 0) is 0 Å². The zero-order valence-corrected chi connectivity index (χ0v) is 11.1. The lowest BCUT2D eigenvalue weighted by atomic mass is 9.80. The minimum Gasteiger partial charge on any atom is -0.324 e. The molecular weight excluding hydrogens is 184 g/mol. The molecule has 1 fully saturated rings. The second-order valence-electron chi connectivity index (χ2n) is 6.84.